The number of nitriles is 1. The lowest BCUT2D eigenvalue weighted by Gasteiger charge is -2.23. The summed E-state index contributed by atoms with van der Waals surface area (Å²) in [6.07, 6.45) is 0.125. The fraction of sp³-hybridized carbons (Fsp3) is 0.417. The second-order valence-corrected chi connectivity index (χ2v) is 9.48. The first-order chi connectivity index (χ1) is 9.73. The van der Waals surface area contributed by atoms with Gasteiger partial charge in [-0.15, -0.1) is 0 Å². The molecule has 1 N–H and O–H groups in total. The molecule has 114 valence electrons. The second-order valence-electron chi connectivity index (χ2n) is 4.80. The number of nitrogens with one attached hydrogen (secondary N) is 1. The number of anilines is 1. The van der Waals surface area contributed by atoms with Crippen LogP contribution in [0.1, 0.15) is 18.4 Å². The van der Waals surface area contributed by atoms with E-state index in [2.05, 4.69) is 4.72 Å². The van der Waals surface area contributed by atoms with Gasteiger partial charge >= 0.3 is 0 Å². The van der Waals surface area contributed by atoms with Crippen molar-refractivity contribution in [2.75, 3.05) is 16.2 Å². The SMILES string of the molecule is N#Cc1ccc(Cl)c(NS(=O)(=O)C2CCS(=O)(=O)CC2)c1. The Balaban J connectivity index is 2.21. The molecule has 1 saturated heterocycles. The van der Waals surface area contributed by atoms with E-state index in [1.807, 2.05) is 6.07 Å². The van der Waals surface area contributed by atoms with Crippen molar-refractivity contribution >= 4 is 37.1 Å². The molecule has 21 heavy (non-hydrogen) atoms. The third-order valence-corrected chi connectivity index (χ3v) is 7.19. The fourth-order valence-electron chi connectivity index (χ4n) is 2.09. The average Bonchev–Trinajstić information content (AvgIpc) is 2.40. The highest BCUT2D eigenvalue weighted by molar-refractivity contribution is 7.94. The van der Waals surface area contributed by atoms with Gasteiger partial charge in [0.1, 0.15) is 9.84 Å². The van der Waals surface area contributed by atoms with Crippen molar-refractivity contribution < 1.29 is 16.8 Å². The molecule has 9 heteroatoms. The standard InChI is InChI=1S/C12H13ClN2O4S2/c13-11-2-1-9(8-14)7-12(11)15-21(18,19)10-3-5-20(16,17)6-4-10/h1-2,7,10,15H,3-6H2. The van der Waals surface area contributed by atoms with E-state index < -0.39 is 25.1 Å². The van der Waals surface area contributed by atoms with Crippen molar-refractivity contribution in [3.05, 3.63) is 28.8 Å². The summed E-state index contributed by atoms with van der Waals surface area (Å²) in [5, 5.41) is 8.23. The number of benzene rings is 1. The second kappa shape index (κ2) is 5.83. The van der Waals surface area contributed by atoms with E-state index >= 15 is 0 Å². The van der Waals surface area contributed by atoms with Crippen LogP contribution in [-0.2, 0) is 19.9 Å². The molecule has 0 aliphatic carbocycles. The molecule has 6 nitrogen and oxygen atoms in total. The van der Waals surface area contributed by atoms with Crippen molar-refractivity contribution in [3.8, 4) is 6.07 Å². The van der Waals surface area contributed by atoms with Crippen LogP contribution < -0.4 is 4.72 Å². The Morgan fingerprint density at radius 2 is 1.90 bits per heavy atom. The zero-order valence-corrected chi connectivity index (χ0v) is 13.3. The molecule has 0 spiro atoms. The maximum Gasteiger partial charge on any atom is 0.235 e. The molecule has 2 rings (SSSR count). The quantitative estimate of drug-likeness (QED) is 0.891. The van der Waals surface area contributed by atoms with Crippen molar-refractivity contribution in [1.29, 1.82) is 5.26 Å². The lowest BCUT2D eigenvalue weighted by atomic mass is 10.2. The van der Waals surface area contributed by atoms with Gasteiger partial charge in [0.15, 0.2) is 0 Å². The van der Waals surface area contributed by atoms with Crippen LogP contribution in [0.4, 0.5) is 5.69 Å². The number of sulfone groups is 1. The van der Waals surface area contributed by atoms with Gasteiger partial charge in [0.05, 0.1) is 39.1 Å². The van der Waals surface area contributed by atoms with Gasteiger partial charge in [-0.05, 0) is 31.0 Å². The normalized spacial score (nSPS) is 18.9. The van der Waals surface area contributed by atoms with Gasteiger partial charge in [-0.3, -0.25) is 4.72 Å². The van der Waals surface area contributed by atoms with E-state index in [1.54, 1.807) is 0 Å². The summed E-state index contributed by atoms with van der Waals surface area (Å²) < 4.78 is 49.6. The highest BCUT2D eigenvalue weighted by atomic mass is 35.5. The van der Waals surface area contributed by atoms with Crippen LogP contribution in [0.25, 0.3) is 0 Å². The molecule has 1 aromatic rings. The zero-order valence-electron chi connectivity index (χ0n) is 10.9. The van der Waals surface area contributed by atoms with E-state index in [-0.39, 0.29) is 40.6 Å². The van der Waals surface area contributed by atoms with Crippen molar-refractivity contribution in [2.45, 2.75) is 18.1 Å². The largest absolute Gasteiger partial charge is 0.282 e. The van der Waals surface area contributed by atoms with Gasteiger partial charge in [0, 0.05) is 0 Å². The van der Waals surface area contributed by atoms with Gasteiger partial charge in [-0.1, -0.05) is 11.6 Å². The van der Waals surface area contributed by atoms with Gasteiger partial charge < -0.3 is 0 Å². The summed E-state index contributed by atoms with van der Waals surface area (Å²) in [5.41, 5.74) is 0.410. The van der Waals surface area contributed by atoms with Gasteiger partial charge in [0.2, 0.25) is 10.0 Å². The first kappa shape index (κ1) is 16.1. The maximum absolute atomic E-state index is 12.3. The predicted octanol–water partition coefficient (Wildman–Crippen LogP) is 1.53. The molecule has 1 aromatic carbocycles. The summed E-state index contributed by atoms with van der Waals surface area (Å²) in [4.78, 5) is 0. The minimum atomic E-state index is -3.74. The fourth-order valence-corrected chi connectivity index (χ4v) is 5.60. The Morgan fingerprint density at radius 1 is 1.29 bits per heavy atom. The highest BCUT2D eigenvalue weighted by Gasteiger charge is 2.33. The lowest BCUT2D eigenvalue weighted by Crippen LogP contribution is -2.36. The predicted molar refractivity (Wildman–Crippen MR) is 80.4 cm³/mol. The summed E-state index contributed by atoms with van der Waals surface area (Å²) in [6.45, 7) is 0. The Hall–Kier alpha value is -1.30. The van der Waals surface area contributed by atoms with Gasteiger partial charge in [-0.2, -0.15) is 5.26 Å². The molecule has 0 amide bonds. The van der Waals surface area contributed by atoms with Crippen LogP contribution in [0.2, 0.25) is 5.02 Å². The monoisotopic (exact) mass is 348 g/mol. The molecule has 1 aliphatic rings. The number of halogens is 1. The smallest absolute Gasteiger partial charge is 0.235 e. The zero-order chi connectivity index (χ0) is 15.7. The molecule has 0 unspecified atom stereocenters. The molecular weight excluding hydrogens is 336 g/mol. The minimum absolute atomic E-state index is 0.0627. The van der Waals surface area contributed by atoms with Crippen molar-refractivity contribution in [2.24, 2.45) is 0 Å². The molecule has 0 saturated carbocycles. The van der Waals surface area contributed by atoms with Crippen molar-refractivity contribution in [1.82, 2.24) is 0 Å². The average molecular weight is 349 g/mol. The lowest BCUT2D eigenvalue weighted by molar-refractivity contribution is 0.555. The summed E-state index contributed by atoms with van der Waals surface area (Å²) >= 11 is 5.91. The van der Waals surface area contributed by atoms with E-state index in [1.165, 1.54) is 18.2 Å². The van der Waals surface area contributed by atoms with Crippen LogP contribution in [0.5, 0.6) is 0 Å². The van der Waals surface area contributed by atoms with E-state index in [0.29, 0.717) is 0 Å². The van der Waals surface area contributed by atoms with E-state index in [0.717, 1.165) is 0 Å². The Kier molecular flexibility index (Phi) is 4.46. The summed E-state index contributed by atoms with van der Waals surface area (Å²) in [6, 6.07) is 6.16. The first-order valence-electron chi connectivity index (χ1n) is 6.15. The summed E-state index contributed by atoms with van der Waals surface area (Å²) in [5.74, 6) is -0.269. The maximum atomic E-state index is 12.3. The van der Waals surface area contributed by atoms with Gasteiger partial charge in [0.25, 0.3) is 0 Å². The van der Waals surface area contributed by atoms with Crippen LogP contribution in [0.15, 0.2) is 18.2 Å². The molecule has 1 aliphatic heterocycles. The number of hydrogen-bond donors (Lipinski definition) is 1. The molecule has 0 bridgehead atoms. The number of sulfonamides is 1. The molecule has 0 radical (unpaired) electrons. The topological polar surface area (TPSA) is 104 Å². The van der Waals surface area contributed by atoms with Crippen LogP contribution in [0.3, 0.4) is 0 Å². The van der Waals surface area contributed by atoms with Crippen LogP contribution in [-0.4, -0.2) is 33.6 Å². The van der Waals surface area contributed by atoms with E-state index in [4.69, 9.17) is 16.9 Å². The third kappa shape index (κ3) is 3.87. The van der Waals surface area contributed by atoms with Crippen molar-refractivity contribution in [3.63, 3.8) is 0 Å². The Labute approximate surface area is 128 Å². The first-order valence-corrected chi connectivity index (χ1v) is 9.90. The molecule has 0 atom stereocenters. The van der Waals surface area contributed by atoms with Crippen LogP contribution in [0, 0.1) is 11.3 Å². The third-order valence-electron chi connectivity index (χ3n) is 3.29. The number of hydrogen-bond acceptors (Lipinski definition) is 5. The highest BCUT2D eigenvalue weighted by Crippen LogP contribution is 2.27. The number of nitrogens with zero attached hydrogens (tertiary/aromatic N) is 1. The Bertz CT molecular complexity index is 783. The molecule has 0 aromatic heterocycles. The molecule has 1 fully saturated rings. The van der Waals surface area contributed by atoms with Crippen LogP contribution >= 0.6 is 11.6 Å². The molecule has 1 heterocycles. The Morgan fingerprint density at radius 3 is 2.48 bits per heavy atom. The number of rotatable bonds is 3. The minimum Gasteiger partial charge on any atom is -0.282 e. The molecular formula is C12H13ClN2O4S2. The van der Waals surface area contributed by atoms with Gasteiger partial charge in [-0.25, -0.2) is 16.8 Å². The van der Waals surface area contributed by atoms with E-state index in [9.17, 15) is 16.8 Å². The summed E-state index contributed by atoms with van der Waals surface area (Å²) in [7, 11) is -6.87.